The van der Waals surface area contributed by atoms with E-state index in [9.17, 15) is 0 Å². The zero-order valence-corrected chi connectivity index (χ0v) is 13.2. The first-order valence-corrected chi connectivity index (χ1v) is 7.44. The van der Waals surface area contributed by atoms with Gasteiger partial charge in [0.25, 0.3) is 0 Å². The van der Waals surface area contributed by atoms with Crippen molar-refractivity contribution in [2.75, 3.05) is 27.2 Å². The molecule has 20 heavy (non-hydrogen) atoms. The summed E-state index contributed by atoms with van der Waals surface area (Å²) in [5, 5.41) is 0. The number of hydrogen-bond acceptors (Lipinski definition) is 2. The smallest absolute Gasteiger partial charge is 0.198 e. The van der Waals surface area contributed by atoms with Crippen molar-refractivity contribution < 1.29 is 19.0 Å². The van der Waals surface area contributed by atoms with Gasteiger partial charge in [0.2, 0.25) is 0 Å². The zero-order valence-electron chi connectivity index (χ0n) is 13.2. The second-order valence-corrected chi connectivity index (χ2v) is 6.89. The van der Waals surface area contributed by atoms with Gasteiger partial charge < -0.3 is 14.1 Å². The van der Waals surface area contributed by atoms with Gasteiger partial charge in [-0.05, 0) is 38.8 Å². The molecule has 0 amide bonds. The van der Waals surface area contributed by atoms with Crippen molar-refractivity contribution in [2.45, 2.75) is 38.8 Å². The molecule has 0 aromatic carbocycles. The molecule has 2 N–H and O–H groups in total. The van der Waals surface area contributed by atoms with Crippen LogP contribution in [0, 0.1) is 5.41 Å². The summed E-state index contributed by atoms with van der Waals surface area (Å²) < 4.78 is 11.2. The third-order valence-corrected chi connectivity index (χ3v) is 3.84. The lowest BCUT2D eigenvalue weighted by Gasteiger charge is -2.41. The monoisotopic (exact) mass is 280 g/mol. The molecule has 2 rings (SSSR count). The van der Waals surface area contributed by atoms with E-state index in [1.54, 1.807) is 6.26 Å². The highest BCUT2D eigenvalue weighted by Crippen LogP contribution is 2.35. The number of nitrogens with one attached hydrogen (secondary N) is 2. The maximum atomic E-state index is 5.88. The van der Waals surface area contributed by atoms with Crippen molar-refractivity contribution in [3.05, 3.63) is 24.2 Å². The molecule has 1 saturated heterocycles. The second kappa shape index (κ2) is 6.10. The third-order valence-electron chi connectivity index (χ3n) is 3.84. The fourth-order valence-corrected chi connectivity index (χ4v) is 3.33. The summed E-state index contributed by atoms with van der Waals surface area (Å²) in [6.07, 6.45) is 6.13. The molecular weight excluding hydrogens is 252 g/mol. The van der Waals surface area contributed by atoms with Crippen LogP contribution in [0.1, 0.15) is 32.4 Å². The van der Waals surface area contributed by atoms with Crippen molar-refractivity contribution in [2.24, 2.45) is 5.41 Å². The van der Waals surface area contributed by atoms with Crippen molar-refractivity contribution >= 4 is 6.21 Å². The van der Waals surface area contributed by atoms with Crippen LogP contribution in [0.15, 0.2) is 22.8 Å². The fourth-order valence-electron chi connectivity index (χ4n) is 3.33. The molecule has 0 radical (unpaired) electrons. The van der Waals surface area contributed by atoms with E-state index in [0.29, 0.717) is 0 Å². The first-order chi connectivity index (χ1) is 9.41. The lowest BCUT2D eigenvalue weighted by molar-refractivity contribution is -0.864. The van der Waals surface area contributed by atoms with E-state index in [1.807, 2.05) is 12.1 Å². The number of quaternary nitrogens is 1. The average molecular weight is 280 g/mol. The molecule has 0 spiro atoms. The Bertz CT molecular complexity index is 437. The van der Waals surface area contributed by atoms with Crippen LogP contribution < -0.4 is 9.89 Å². The predicted octanol–water partition coefficient (Wildman–Crippen LogP) is -0.349. The lowest BCUT2D eigenvalue weighted by atomic mass is 9.74. The molecule has 112 valence electrons. The van der Waals surface area contributed by atoms with Gasteiger partial charge in [-0.2, -0.15) is 0 Å². The van der Waals surface area contributed by atoms with Gasteiger partial charge in [0.05, 0.1) is 32.5 Å². The Hall–Kier alpha value is -1.13. The van der Waals surface area contributed by atoms with Gasteiger partial charge in [0.15, 0.2) is 18.5 Å². The average Bonchev–Trinajstić information content (AvgIpc) is 2.79. The normalized spacial score (nSPS) is 26.4. The number of hydrogen-bond donors (Lipinski definition) is 2. The van der Waals surface area contributed by atoms with Crippen LogP contribution >= 0.6 is 0 Å². The minimum Gasteiger partial charge on any atom is -0.463 e. The Morgan fingerprint density at radius 3 is 2.80 bits per heavy atom. The maximum Gasteiger partial charge on any atom is 0.198 e. The fraction of sp³-hybridized carbons (Fsp3) is 0.688. The topological polar surface area (TPSA) is 40.8 Å². The number of furan rings is 1. The van der Waals surface area contributed by atoms with E-state index in [-0.39, 0.29) is 11.0 Å². The summed E-state index contributed by atoms with van der Waals surface area (Å²) in [5.41, 5.74) is 0.143. The quantitative estimate of drug-likeness (QED) is 0.724. The molecule has 1 atom stereocenters. The van der Waals surface area contributed by atoms with Gasteiger partial charge in [0.1, 0.15) is 5.41 Å². The molecule has 0 unspecified atom stereocenters. The standard InChI is InChI=1S/C16H26N2O2/c1-15(2)11-16(7-9-20-15,13-18(3)4)12-17-10-14-6-5-8-19-14/h5-6,8,12H,7,9-11,13H2,1-4H3/p+2/t16-/m0/s1. The van der Waals surface area contributed by atoms with Crippen molar-refractivity contribution in [1.82, 2.24) is 0 Å². The molecule has 1 aromatic rings. The van der Waals surface area contributed by atoms with Gasteiger partial charge in [-0.25, -0.2) is 4.99 Å². The number of ether oxygens (including phenoxy) is 1. The van der Waals surface area contributed by atoms with Gasteiger partial charge in [-0.15, -0.1) is 0 Å². The largest absolute Gasteiger partial charge is 0.463 e. The minimum absolute atomic E-state index is 0.0451. The van der Waals surface area contributed by atoms with Gasteiger partial charge in [0, 0.05) is 6.61 Å². The lowest BCUT2D eigenvalue weighted by Crippen LogP contribution is -3.07. The third kappa shape index (κ3) is 4.18. The molecule has 2 heterocycles. The number of rotatable bonds is 5. The molecular formula is C16H28N2O2+2. The predicted molar refractivity (Wildman–Crippen MR) is 78.8 cm³/mol. The molecule has 1 aliphatic rings. The highest BCUT2D eigenvalue weighted by Gasteiger charge is 2.44. The van der Waals surface area contributed by atoms with E-state index in [0.717, 1.165) is 38.3 Å². The Labute approximate surface area is 121 Å². The van der Waals surface area contributed by atoms with Crippen molar-refractivity contribution in [3.8, 4) is 0 Å². The molecule has 4 heteroatoms. The molecule has 4 nitrogen and oxygen atoms in total. The Morgan fingerprint density at radius 2 is 2.20 bits per heavy atom. The Morgan fingerprint density at radius 1 is 1.40 bits per heavy atom. The summed E-state index contributed by atoms with van der Waals surface area (Å²) in [7, 11) is 4.43. The van der Waals surface area contributed by atoms with Gasteiger partial charge >= 0.3 is 0 Å². The van der Waals surface area contributed by atoms with E-state index in [1.165, 1.54) is 4.90 Å². The van der Waals surface area contributed by atoms with Crippen LogP contribution in [0.5, 0.6) is 0 Å². The Balaban J connectivity index is 2.08. The SMILES string of the molecule is C[NH+](C)C[C@@]1(C=[NH+]Cc2ccco2)CCOC(C)(C)C1. The summed E-state index contributed by atoms with van der Waals surface area (Å²) in [4.78, 5) is 4.92. The molecule has 1 aromatic heterocycles. The van der Waals surface area contributed by atoms with Crippen LogP contribution in [0.3, 0.4) is 0 Å². The summed E-state index contributed by atoms with van der Waals surface area (Å²) in [5.74, 6) is 0.972. The van der Waals surface area contributed by atoms with E-state index in [2.05, 4.69) is 39.1 Å². The van der Waals surface area contributed by atoms with Gasteiger partial charge in [-0.3, -0.25) is 0 Å². The highest BCUT2D eigenvalue weighted by atomic mass is 16.5. The van der Waals surface area contributed by atoms with Crippen LogP contribution in [-0.2, 0) is 11.3 Å². The second-order valence-electron chi connectivity index (χ2n) is 6.89. The van der Waals surface area contributed by atoms with Crippen LogP contribution in [0.25, 0.3) is 0 Å². The molecule has 1 fully saturated rings. The summed E-state index contributed by atoms with van der Waals surface area (Å²) in [6, 6.07) is 3.92. The first-order valence-electron chi connectivity index (χ1n) is 7.44. The van der Waals surface area contributed by atoms with E-state index >= 15 is 0 Å². The van der Waals surface area contributed by atoms with Crippen molar-refractivity contribution in [1.29, 1.82) is 0 Å². The Kier molecular flexibility index (Phi) is 4.66. The zero-order chi connectivity index (χ0) is 14.6. The van der Waals surface area contributed by atoms with Crippen LogP contribution in [-0.4, -0.2) is 39.1 Å². The molecule has 0 saturated carbocycles. The summed E-state index contributed by atoms with van der Waals surface area (Å²) in [6.45, 7) is 7.07. The van der Waals surface area contributed by atoms with Gasteiger partial charge in [-0.1, -0.05) is 0 Å². The first kappa shape index (κ1) is 15.3. The van der Waals surface area contributed by atoms with Crippen LogP contribution in [0.4, 0.5) is 0 Å². The van der Waals surface area contributed by atoms with Crippen LogP contribution in [0.2, 0.25) is 0 Å². The highest BCUT2D eigenvalue weighted by molar-refractivity contribution is 5.60. The minimum atomic E-state index is -0.0451. The summed E-state index contributed by atoms with van der Waals surface area (Å²) >= 11 is 0. The maximum absolute atomic E-state index is 5.88. The van der Waals surface area contributed by atoms with E-state index < -0.39 is 0 Å². The molecule has 0 bridgehead atoms. The van der Waals surface area contributed by atoms with E-state index in [4.69, 9.17) is 9.15 Å². The van der Waals surface area contributed by atoms with Crippen molar-refractivity contribution in [3.63, 3.8) is 0 Å². The molecule has 0 aliphatic carbocycles. The molecule has 1 aliphatic heterocycles.